The second-order valence-corrected chi connectivity index (χ2v) is 3.79. The van der Waals surface area contributed by atoms with Gasteiger partial charge < -0.3 is 19.9 Å². The highest BCUT2D eigenvalue weighted by molar-refractivity contribution is 5.67. The molecule has 1 aliphatic rings. The quantitative estimate of drug-likeness (QED) is 0.744. The van der Waals surface area contributed by atoms with Gasteiger partial charge in [0.05, 0.1) is 6.61 Å². The van der Waals surface area contributed by atoms with Crippen LogP contribution in [0.3, 0.4) is 0 Å². The zero-order chi connectivity index (χ0) is 12.7. The van der Waals surface area contributed by atoms with Crippen molar-refractivity contribution in [3.8, 4) is 0 Å². The van der Waals surface area contributed by atoms with Crippen LogP contribution in [0, 0.1) is 0 Å². The summed E-state index contributed by atoms with van der Waals surface area (Å²) in [5, 5.41) is 2.93. The molecule has 0 atom stereocenters. The summed E-state index contributed by atoms with van der Waals surface area (Å²) in [6, 6.07) is 0. The van der Waals surface area contributed by atoms with Crippen LogP contribution in [0.15, 0.2) is 24.6 Å². The molecular weight excluding hydrogens is 218 g/mol. The molecule has 0 unspecified atom stereocenters. The maximum atomic E-state index is 11.5. The highest BCUT2D eigenvalue weighted by Gasteiger charge is 2.21. The van der Waals surface area contributed by atoms with Crippen molar-refractivity contribution in [2.75, 3.05) is 39.8 Å². The number of nitrogens with zero attached hydrogens (tertiary/aromatic N) is 2. The Bertz CT molecular complexity index is 294. The van der Waals surface area contributed by atoms with Gasteiger partial charge in [-0.3, -0.25) is 0 Å². The number of ether oxygens (including phenoxy) is 1. The van der Waals surface area contributed by atoms with Crippen molar-refractivity contribution in [1.82, 2.24) is 15.1 Å². The van der Waals surface area contributed by atoms with Gasteiger partial charge in [-0.15, -0.1) is 0 Å². The van der Waals surface area contributed by atoms with Crippen molar-refractivity contribution in [3.05, 3.63) is 24.6 Å². The normalized spacial score (nSPS) is 16.1. The molecule has 0 bridgehead atoms. The summed E-state index contributed by atoms with van der Waals surface area (Å²) in [4.78, 5) is 15.4. The third kappa shape index (κ3) is 4.01. The molecule has 0 aliphatic carbocycles. The minimum absolute atomic E-state index is 0.219. The maximum absolute atomic E-state index is 11.5. The van der Waals surface area contributed by atoms with Crippen LogP contribution < -0.4 is 5.32 Å². The lowest BCUT2D eigenvalue weighted by Gasteiger charge is -2.35. The molecule has 5 nitrogen and oxygen atoms in total. The van der Waals surface area contributed by atoms with Gasteiger partial charge in [0.25, 0.3) is 0 Å². The zero-order valence-corrected chi connectivity index (χ0v) is 10.6. The molecule has 0 saturated carbocycles. The number of hydrogen-bond acceptors (Lipinski definition) is 4. The number of amides is 1. The predicted molar refractivity (Wildman–Crippen MR) is 67.5 cm³/mol. The number of carbonyl (C=O) groups is 1. The van der Waals surface area contributed by atoms with Crippen LogP contribution in [-0.4, -0.2) is 55.7 Å². The Morgan fingerprint density at radius 1 is 1.35 bits per heavy atom. The molecule has 0 aromatic heterocycles. The molecule has 1 saturated heterocycles. The average molecular weight is 239 g/mol. The number of piperazine rings is 1. The van der Waals surface area contributed by atoms with E-state index < -0.39 is 0 Å². The fourth-order valence-corrected chi connectivity index (χ4v) is 1.68. The zero-order valence-electron chi connectivity index (χ0n) is 10.6. The van der Waals surface area contributed by atoms with Crippen molar-refractivity contribution in [2.45, 2.75) is 6.92 Å². The molecule has 17 heavy (non-hydrogen) atoms. The van der Waals surface area contributed by atoms with Crippen molar-refractivity contribution in [2.24, 2.45) is 0 Å². The smallest absolute Gasteiger partial charge is 0.409 e. The summed E-state index contributed by atoms with van der Waals surface area (Å²) in [5.41, 5.74) is 0.961. The van der Waals surface area contributed by atoms with Crippen LogP contribution in [0.2, 0.25) is 0 Å². The van der Waals surface area contributed by atoms with E-state index in [9.17, 15) is 4.79 Å². The van der Waals surface area contributed by atoms with E-state index >= 15 is 0 Å². The van der Waals surface area contributed by atoms with Crippen LogP contribution in [0.5, 0.6) is 0 Å². The van der Waals surface area contributed by atoms with E-state index in [1.165, 1.54) is 0 Å². The van der Waals surface area contributed by atoms with Gasteiger partial charge in [0, 0.05) is 38.9 Å². The van der Waals surface area contributed by atoms with Crippen LogP contribution in [0.1, 0.15) is 6.92 Å². The topological polar surface area (TPSA) is 44.8 Å². The Labute approximate surface area is 103 Å². The first-order valence-electron chi connectivity index (χ1n) is 5.88. The van der Waals surface area contributed by atoms with E-state index in [1.807, 2.05) is 26.2 Å². The third-order valence-corrected chi connectivity index (χ3v) is 2.65. The Morgan fingerprint density at radius 3 is 2.47 bits per heavy atom. The van der Waals surface area contributed by atoms with Gasteiger partial charge in [0.1, 0.15) is 0 Å². The number of rotatable bonds is 4. The molecule has 0 spiro atoms. The monoisotopic (exact) mass is 239 g/mol. The fraction of sp³-hybridized carbons (Fsp3) is 0.583. The van der Waals surface area contributed by atoms with Crippen molar-refractivity contribution < 1.29 is 9.53 Å². The molecule has 1 rings (SSSR count). The SMILES string of the molecule is C=C(/C=C\NC)N1CCN(C(=O)OCC)CC1. The standard InChI is InChI=1S/C12H21N3O2/c1-4-17-12(16)15-9-7-14(8-10-15)11(2)5-6-13-3/h5-6,13H,2,4,7-10H2,1,3H3/b6-5-. The van der Waals surface area contributed by atoms with Crippen molar-refractivity contribution >= 4 is 6.09 Å². The molecule has 1 heterocycles. The molecule has 0 aromatic rings. The molecule has 1 fully saturated rings. The number of carbonyl (C=O) groups excluding carboxylic acids is 1. The Morgan fingerprint density at radius 2 is 1.94 bits per heavy atom. The highest BCUT2D eigenvalue weighted by atomic mass is 16.6. The first kappa shape index (κ1) is 13.4. The molecule has 5 heteroatoms. The van der Waals surface area contributed by atoms with E-state index in [0.717, 1.165) is 18.8 Å². The first-order chi connectivity index (χ1) is 8.19. The molecule has 96 valence electrons. The summed E-state index contributed by atoms with van der Waals surface area (Å²) in [6.07, 6.45) is 3.56. The van der Waals surface area contributed by atoms with E-state index in [0.29, 0.717) is 19.7 Å². The molecule has 1 aliphatic heterocycles. The van der Waals surface area contributed by atoms with Gasteiger partial charge in [0.15, 0.2) is 0 Å². The van der Waals surface area contributed by atoms with Crippen LogP contribution in [-0.2, 0) is 4.74 Å². The van der Waals surface area contributed by atoms with Gasteiger partial charge in [0.2, 0.25) is 0 Å². The molecule has 1 N–H and O–H groups in total. The molecule has 0 aromatic carbocycles. The van der Waals surface area contributed by atoms with Gasteiger partial charge in [-0.2, -0.15) is 0 Å². The van der Waals surface area contributed by atoms with E-state index in [4.69, 9.17) is 4.74 Å². The fourth-order valence-electron chi connectivity index (χ4n) is 1.68. The summed E-state index contributed by atoms with van der Waals surface area (Å²) in [5.74, 6) is 0. The first-order valence-corrected chi connectivity index (χ1v) is 5.88. The van der Waals surface area contributed by atoms with Gasteiger partial charge in [-0.1, -0.05) is 6.58 Å². The van der Waals surface area contributed by atoms with E-state index in [-0.39, 0.29) is 6.09 Å². The van der Waals surface area contributed by atoms with Gasteiger partial charge in [-0.05, 0) is 19.2 Å². The van der Waals surface area contributed by atoms with Crippen LogP contribution in [0.25, 0.3) is 0 Å². The lowest BCUT2D eigenvalue weighted by Crippen LogP contribution is -2.48. The second kappa shape index (κ2) is 6.83. The molecule has 1 amide bonds. The summed E-state index contributed by atoms with van der Waals surface area (Å²) in [7, 11) is 1.85. The van der Waals surface area contributed by atoms with Crippen LogP contribution >= 0.6 is 0 Å². The predicted octanol–water partition coefficient (Wildman–Crippen LogP) is 1.01. The number of nitrogens with one attached hydrogen (secondary N) is 1. The van der Waals surface area contributed by atoms with Gasteiger partial charge in [-0.25, -0.2) is 4.79 Å². The minimum atomic E-state index is -0.219. The van der Waals surface area contributed by atoms with E-state index in [1.54, 1.807) is 4.90 Å². The third-order valence-electron chi connectivity index (χ3n) is 2.65. The van der Waals surface area contributed by atoms with Gasteiger partial charge >= 0.3 is 6.09 Å². The summed E-state index contributed by atoms with van der Waals surface area (Å²) < 4.78 is 4.96. The number of allylic oxidation sites excluding steroid dienone is 1. The molecule has 0 radical (unpaired) electrons. The molecular formula is C12H21N3O2. The largest absolute Gasteiger partial charge is 0.450 e. The lowest BCUT2D eigenvalue weighted by molar-refractivity contribution is 0.0876. The minimum Gasteiger partial charge on any atom is -0.450 e. The highest BCUT2D eigenvalue weighted by Crippen LogP contribution is 2.09. The van der Waals surface area contributed by atoms with Crippen molar-refractivity contribution in [3.63, 3.8) is 0 Å². The summed E-state index contributed by atoms with van der Waals surface area (Å²) in [6.45, 7) is 9.20. The maximum Gasteiger partial charge on any atom is 0.409 e. The van der Waals surface area contributed by atoms with E-state index in [2.05, 4.69) is 16.8 Å². The summed E-state index contributed by atoms with van der Waals surface area (Å²) >= 11 is 0. The van der Waals surface area contributed by atoms with Crippen LogP contribution in [0.4, 0.5) is 4.79 Å². The Kier molecular flexibility index (Phi) is 5.39. The average Bonchev–Trinajstić information content (AvgIpc) is 2.36. The Balaban J connectivity index is 2.37. The second-order valence-electron chi connectivity index (χ2n) is 3.79. The Hall–Kier alpha value is -1.65. The number of hydrogen-bond donors (Lipinski definition) is 1. The lowest BCUT2D eigenvalue weighted by atomic mass is 10.3. The van der Waals surface area contributed by atoms with Crippen molar-refractivity contribution in [1.29, 1.82) is 0 Å².